The molecule has 1 aromatic rings. The lowest BCUT2D eigenvalue weighted by Crippen LogP contribution is -2.37. The highest BCUT2D eigenvalue weighted by molar-refractivity contribution is 5.46. The molecule has 0 aliphatic heterocycles. The molecule has 2 atom stereocenters. The van der Waals surface area contributed by atoms with Crippen molar-refractivity contribution in [2.75, 3.05) is 20.8 Å². The highest BCUT2D eigenvalue weighted by Crippen LogP contribution is 2.46. The number of ether oxygens (including phenoxy) is 2. The molecule has 1 aliphatic carbocycles. The van der Waals surface area contributed by atoms with Crippen LogP contribution in [0.1, 0.15) is 31.7 Å². The van der Waals surface area contributed by atoms with Gasteiger partial charge in [-0.25, -0.2) is 0 Å². The molecule has 0 radical (unpaired) electrons. The van der Waals surface area contributed by atoms with E-state index in [1.165, 1.54) is 24.8 Å². The third kappa shape index (κ3) is 1.97. The molecule has 100 valence electrons. The fourth-order valence-corrected chi connectivity index (χ4v) is 3.24. The molecule has 0 heterocycles. The quantitative estimate of drug-likeness (QED) is 0.892. The van der Waals surface area contributed by atoms with Crippen molar-refractivity contribution in [1.82, 2.24) is 0 Å². The molecule has 2 unspecified atom stereocenters. The Bertz CT molecular complexity index is 419. The highest BCUT2D eigenvalue weighted by atomic mass is 16.5. The smallest absolute Gasteiger partial charge is 0.161 e. The Morgan fingerprint density at radius 2 is 2.00 bits per heavy atom. The predicted octanol–water partition coefficient (Wildman–Crippen LogP) is 2.72. The first-order chi connectivity index (χ1) is 8.67. The minimum absolute atomic E-state index is 0.111. The Morgan fingerprint density at radius 3 is 2.50 bits per heavy atom. The number of methoxy groups -OCH3 is 2. The molecule has 18 heavy (non-hydrogen) atoms. The van der Waals surface area contributed by atoms with Crippen LogP contribution in [0.5, 0.6) is 11.5 Å². The topological polar surface area (TPSA) is 44.5 Å². The van der Waals surface area contributed by atoms with E-state index >= 15 is 0 Å². The number of hydrogen-bond acceptors (Lipinski definition) is 3. The summed E-state index contributed by atoms with van der Waals surface area (Å²) in [5.74, 6) is 2.20. The Balaban J connectivity index is 2.43. The van der Waals surface area contributed by atoms with Crippen LogP contribution >= 0.6 is 0 Å². The van der Waals surface area contributed by atoms with Crippen molar-refractivity contribution in [2.24, 2.45) is 11.7 Å². The lowest BCUT2D eigenvalue weighted by molar-refractivity contribution is 0.334. The van der Waals surface area contributed by atoms with Crippen molar-refractivity contribution in [3.63, 3.8) is 0 Å². The first-order valence-electron chi connectivity index (χ1n) is 6.60. The van der Waals surface area contributed by atoms with Gasteiger partial charge in [0.25, 0.3) is 0 Å². The van der Waals surface area contributed by atoms with E-state index in [1.54, 1.807) is 14.2 Å². The van der Waals surface area contributed by atoms with Gasteiger partial charge in [0.2, 0.25) is 0 Å². The van der Waals surface area contributed by atoms with Crippen LogP contribution in [-0.4, -0.2) is 20.8 Å². The Labute approximate surface area is 109 Å². The van der Waals surface area contributed by atoms with E-state index in [1.807, 2.05) is 6.07 Å². The summed E-state index contributed by atoms with van der Waals surface area (Å²) >= 11 is 0. The van der Waals surface area contributed by atoms with Crippen LogP contribution < -0.4 is 15.2 Å². The minimum atomic E-state index is 0.111. The number of benzene rings is 1. The van der Waals surface area contributed by atoms with Crippen molar-refractivity contribution < 1.29 is 9.47 Å². The van der Waals surface area contributed by atoms with Gasteiger partial charge in [0.15, 0.2) is 11.5 Å². The molecular weight excluding hydrogens is 226 g/mol. The molecule has 3 nitrogen and oxygen atoms in total. The highest BCUT2D eigenvalue weighted by Gasteiger charge is 2.40. The van der Waals surface area contributed by atoms with Gasteiger partial charge in [-0.05, 0) is 36.5 Å². The van der Waals surface area contributed by atoms with Gasteiger partial charge in [-0.1, -0.05) is 19.4 Å². The summed E-state index contributed by atoms with van der Waals surface area (Å²) in [6.45, 7) is 3.00. The van der Waals surface area contributed by atoms with Crippen molar-refractivity contribution in [1.29, 1.82) is 0 Å². The standard InChI is InChI=1S/C15H23NO2/c1-11-5-4-8-15(11,10-16)12-6-7-13(17-2)14(9-12)18-3/h6-7,9,11H,4-5,8,10,16H2,1-3H3. The largest absolute Gasteiger partial charge is 0.493 e. The van der Waals surface area contributed by atoms with Gasteiger partial charge in [0, 0.05) is 12.0 Å². The third-order valence-electron chi connectivity index (χ3n) is 4.53. The van der Waals surface area contributed by atoms with Gasteiger partial charge in [-0.3, -0.25) is 0 Å². The summed E-state index contributed by atoms with van der Waals surface area (Å²) in [4.78, 5) is 0. The summed E-state index contributed by atoms with van der Waals surface area (Å²) in [5.41, 5.74) is 7.48. The van der Waals surface area contributed by atoms with E-state index in [0.29, 0.717) is 12.5 Å². The number of rotatable bonds is 4. The summed E-state index contributed by atoms with van der Waals surface area (Å²) in [6, 6.07) is 6.21. The average Bonchev–Trinajstić information content (AvgIpc) is 2.80. The van der Waals surface area contributed by atoms with Crippen molar-refractivity contribution >= 4 is 0 Å². The fraction of sp³-hybridized carbons (Fsp3) is 0.600. The normalized spacial score (nSPS) is 27.2. The molecule has 0 amide bonds. The van der Waals surface area contributed by atoms with Crippen LogP contribution in [0.25, 0.3) is 0 Å². The first kappa shape index (κ1) is 13.2. The maximum atomic E-state index is 6.08. The van der Waals surface area contributed by atoms with Gasteiger partial charge < -0.3 is 15.2 Å². The molecule has 2 rings (SSSR count). The zero-order chi connectivity index (χ0) is 13.2. The van der Waals surface area contributed by atoms with Crippen molar-refractivity contribution in [3.05, 3.63) is 23.8 Å². The summed E-state index contributed by atoms with van der Waals surface area (Å²) < 4.78 is 10.7. The maximum absolute atomic E-state index is 6.08. The van der Waals surface area contributed by atoms with Crippen LogP contribution in [0, 0.1) is 5.92 Å². The molecular formula is C15H23NO2. The molecule has 1 saturated carbocycles. The molecule has 3 heteroatoms. The van der Waals surface area contributed by atoms with E-state index in [9.17, 15) is 0 Å². The lowest BCUT2D eigenvalue weighted by Gasteiger charge is -2.33. The zero-order valence-electron chi connectivity index (χ0n) is 11.5. The van der Waals surface area contributed by atoms with Gasteiger partial charge in [0.1, 0.15) is 0 Å². The van der Waals surface area contributed by atoms with E-state index < -0.39 is 0 Å². The van der Waals surface area contributed by atoms with Crippen LogP contribution in [-0.2, 0) is 5.41 Å². The van der Waals surface area contributed by atoms with E-state index in [-0.39, 0.29) is 5.41 Å². The molecule has 0 saturated heterocycles. The number of hydrogen-bond donors (Lipinski definition) is 1. The second kappa shape index (κ2) is 5.19. The molecule has 2 N–H and O–H groups in total. The SMILES string of the molecule is COc1ccc(C2(CN)CCCC2C)cc1OC. The Morgan fingerprint density at radius 1 is 1.28 bits per heavy atom. The molecule has 1 aliphatic rings. The molecule has 0 aromatic heterocycles. The minimum Gasteiger partial charge on any atom is -0.493 e. The van der Waals surface area contributed by atoms with E-state index in [0.717, 1.165) is 11.5 Å². The first-order valence-corrected chi connectivity index (χ1v) is 6.60. The monoisotopic (exact) mass is 249 g/mol. The molecule has 1 fully saturated rings. The number of nitrogens with two attached hydrogens (primary N) is 1. The van der Waals surface area contributed by atoms with Crippen LogP contribution in [0.3, 0.4) is 0 Å². The third-order valence-corrected chi connectivity index (χ3v) is 4.53. The van der Waals surface area contributed by atoms with Crippen molar-refractivity contribution in [2.45, 2.75) is 31.6 Å². The maximum Gasteiger partial charge on any atom is 0.161 e. The van der Waals surface area contributed by atoms with Crippen molar-refractivity contribution in [3.8, 4) is 11.5 Å². The fourth-order valence-electron chi connectivity index (χ4n) is 3.24. The van der Waals surface area contributed by atoms with Crippen LogP contribution in [0.15, 0.2) is 18.2 Å². The van der Waals surface area contributed by atoms with Crippen LogP contribution in [0.2, 0.25) is 0 Å². The summed E-state index contributed by atoms with van der Waals surface area (Å²) in [5, 5.41) is 0. The van der Waals surface area contributed by atoms with Gasteiger partial charge in [-0.15, -0.1) is 0 Å². The molecule has 0 bridgehead atoms. The predicted molar refractivity (Wildman–Crippen MR) is 73.3 cm³/mol. The van der Waals surface area contributed by atoms with Crippen LogP contribution in [0.4, 0.5) is 0 Å². The Hall–Kier alpha value is -1.22. The molecule has 0 spiro atoms. The summed E-state index contributed by atoms with van der Waals surface area (Å²) in [7, 11) is 3.34. The molecule has 1 aromatic carbocycles. The second-order valence-corrected chi connectivity index (χ2v) is 5.22. The Kier molecular flexibility index (Phi) is 3.81. The van der Waals surface area contributed by atoms with E-state index in [2.05, 4.69) is 19.1 Å². The average molecular weight is 249 g/mol. The van der Waals surface area contributed by atoms with Gasteiger partial charge >= 0.3 is 0 Å². The van der Waals surface area contributed by atoms with Gasteiger partial charge in [0.05, 0.1) is 14.2 Å². The lowest BCUT2D eigenvalue weighted by atomic mass is 9.73. The zero-order valence-corrected chi connectivity index (χ0v) is 11.5. The second-order valence-electron chi connectivity index (χ2n) is 5.22. The van der Waals surface area contributed by atoms with E-state index in [4.69, 9.17) is 15.2 Å². The van der Waals surface area contributed by atoms with Gasteiger partial charge in [-0.2, -0.15) is 0 Å². The summed E-state index contributed by atoms with van der Waals surface area (Å²) in [6.07, 6.45) is 3.68.